The summed E-state index contributed by atoms with van der Waals surface area (Å²) in [5.74, 6) is -0.264. The third-order valence-corrected chi connectivity index (χ3v) is 2.97. The average molecular weight is 245 g/mol. The van der Waals surface area contributed by atoms with Gasteiger partial charge in [-0.1, -0.05) is 27.2 Å². The van der Waals surface area contributed by atoms with Gasteiger partial charge in [0.2, 0.25) is 0 Å². The molecule has 0 bridgehead atoms. The predicted octanol–water partition coefficient (Wildman–Crippen LogP) is 2.28. The van der Waals surface area contributed by atoms with E-state index in [4.69, 9.17) is 9.84 Å². The van der Waals surface area contributed by atoms with Crippen LogP contribution in [0.5, 0.6) is 0 Å². The molecule has 0 aromatic rings. The molecule has 0 aliphatic rings. The summed E-state index contributed by atoms with van der Waals surface area (Å²) in [5.41, 5.74) is -0.872. The van der Waals surface area contributed by atoms with E-state index in [0.717, 1.165) is 19.4 Å². The molecule has 0 spiro atoms. The number of hydrogen-bond donors (Lipinski definition) is 2. The molecule has 0 radical (unpaired) electrons. The molecule has 0 fully saturated rings. The van der Waals surface area contributed by atoms with Crippen LogP contribution in [-0.4, -0.2) is 36.4 Å². The molecule has 0 heterocycles. The maximum atomic E-state index is 11.1. The first-order chi connectivity index (χ1) is 7.96. The van der Waals surface area contributed by atoms with Crippen LogP contribution in [0.1, 0.15) is 47.0 Å². The molecule has 17 heavy (non-hydrogen) atoms. The summed E-state index contributed by atoms with van der Waals surface area (Å²) in [4.78, 5) is 11.1. The van der Waals surface area contributed by atoms with Gasteiger partial charge in [-0.3, -0.25) is 4.79 Å². The van der Waals surface area contributed by atoms with Crippen molar-refractivity contribution in [3.8, 4) is 0 Å². The van der Waals surface area contributed by atoms with E-state index in [1.165, 1.54) is 0 Å². The van der Waals surface area contributed by atoms with Crippen LogP contribution in [0.25, 0.3) is 0 Å². The zero-order chi connectivity index (χ0) is 13.3. The fourth-order valence-corrected chi connectivity index (χ4v) is 1.80. The molecule has 0 aromatic carbocycles. The molecule has 0 aliphatic heterocycles. The fraction of sp³-hybridized carbons (Fsp3) is 0.923. The minimum absolute atomic E-state index is 0.490. The number of nitrogens with one attached hydrogen (secondary N) is 1. The highest BCUT2D eigenvalue weighted by Gasteiger charge is 2.31. The topological polar surface area (TPSA) is 58.6 Å². The van der Waals surface area contributed by atoms with Gasteiger partial charge in [-0.05, 0) is 32.2 Å². The molecule has 102 valence electrons. The number of likely N-dealkylation sites (N-methyl/N-ethyl adjacent to an activating group) is 1. The SMILES string of the molecule is CCCC(C)COCCC(C)(NCC)C(=O)O. The van der Waals surface area contributed by atoms with Crippen molar-refractivity contribution in [2.24, 2.45) is 5.92 Å². The average Bonchev–Trinajstić information content (AvgIpc) is 2.25. The van der Waals surface area contributed by atoms with E-state index in [1.54, 1.807) is 6.92 Å². The third-order valence-electron chi connectivity index (χ3n) is 2.97. The van der Waals surface area contributed by atoms with Gasteiger partial charge in [-0.15, -0.1) is 0 Å². The van der Waals surface area contributed by atoms with Crippen LogP contribution in [0.15, 0.2) is 0 Å². The lowest BCUT2D eigenvalue weighted by molar-refractivity contribution is -0.145. The molecule has 0 rings (SSSR count). The Morgan fingerprint density at radius 3 is 2.59 bits per heavy atom. The highest BCUT2D eigenvalue weighted by molar-refractivity contribution is 5.78. The molecule has 0 saturated heterocycles. The lowest BCUT2D eigenvalue weighted by Crippen LogP contribution is -2.50. The second kappa shape index (κ2) is 8.48. The Labute approximate surface area is 105 Å². The number of aliphatic carboxylic acids is 1. The van der Waals surface area contributed by atoms with Crippen molar-refractivity contribution in [3.63, 3.8) is 0 Å². The van der Waals surface area contributed by atoms with Gasteiger partial charge < -0.3 is 15.2 Å². The quantitative estimate of drug-likeness (QED) is 0.580. The standard InChI is InChI=1S/C13H27NO3/c1-5-7-11(3)10-17-9-8-13(4,12(15)16)14-6-2/h11,14H,5-10H2,1-4H3,(H,15,16). The number of carboxylic acid groups (broad SMARTS) is 1. The van der Waals surface area contributed by atoms with Gasteiger partial charge in [0.1, 0.15) is 5.54 Å². The van der Waals surface area contributed by atoms with Crippen molar-refractivity contribution in [1.82, 2.24) is 5.32 Å². The van der Waals surface area contributed by atoms with Gasteiger partial charge in [0.25, 0.3) is 0 Å². The molecule has 0 aliphatic carbocycles. The Bertz CT molecular complexity index is 221. The van der Waals surface area contributed by atoms with Crippen LogP contribution >= 0.6 is 0 Å². The number of ether oxygens (including phenoxy) is 1. The van der Waals surface area contributed by atoms with Gasteiger partial charge in [0, 0.05) is 13.2 Å². The summed E-state index contributed by atoms with van der Waals surface area (Å²) in [6.07, 6.45) is 2.81. The van der Waals surface area contributed by atoms with Gasteiger partial charge in [0.15, 0.2) is 0 Å². The van der Waals surface area contributed by atoms with E-state index < -0.39 is 11.5 Å². The normalized spacial score (nSPS) is 16.5. The first kappa shape index (κ1) is 16.4. The predicted molar refractivity (Wildman–Crippen MR) is 69.2 cm³/mol. The van der Waals surface area contributed by atoms with E-state index in [9.17, 15) is 4.79 Å². The van der Waals surface area contributed by atoms with Crippen LogP contribution in [0.3, 0.4) is 0 Å². The van der Waals surface area contributed by atoms with Gasteiger partial charge in [0.05, 0.1) is 0 Å². The van der Waals surface area contributed by atoms with E-state index in [2.05, 4.69) is 19.2 Å². The van der Waals surface area contributed by atoms with Gasteiger partial charge >= 0.3 is 5.97 Å². The monoisotopic (exact) mass is 245 g/mol. The Balaban J connectivity index is 3.87. The molecule has 0 amide bonds. The maximum Gasteiger partial charge on any atom is 0.323 e. The highest BCUT2D eigenvalue weighted by Crippen LogP contribution is 2.11. The first-order valence-electron chi connectivity index (χ1n) is 6.52. The molecule has 4 nitrogen and oxygen atoms in total. The summed E-state index contributed by atoms with van der Waals surface area (Å²) < 4.78 is 5.54. The van der Waals surface area contributed by atoms with Crippen LogP contribution in [0.2, 0.25) is 0 Å². The van der Waals surface area contributed by atoms with E-state index in [0.29, 0.717) is 25.5 Å². The Kier molecular flexibility index (Phi) is 8.17. The molecule has 4 heteroatoms. The summed E-state index contributed by atoms with van der Waals surface area (Å²) in [6, 6.07) is 0. The summed E-state index contributed by atoms with van der Waals surface area (Å²) in [6.45, 7) is 9.78. The third kappa shape index (κ3) is 6.64. The molecular formula is C13H27NO3. The maximum absolute atomic E-state index is 11.1. The molecule has 2 atom stereocenters. The first-order valence-corrected chi connectivity index (χ1v) is 6.52. The Morgan fingerprint density at radius 2 is 2.12 bits per heavy atom. The Morgan fingerprint density at radius 1 is 1.47 bits per heavy atom. The lowest BCUT2D eigenvalue weighted by Gasteiger charge is -2.25. The second-order valence-corrected chi connectivity index (χ2v) is 4.89. The zero-order valence-corrected chi connectivity index (χ0v) is 11.6. The highest BCUT2D eigenvalue weighted by atomic mass is 16.5. The minimum atomic E-state index is -0.872. The lowest BCUT2D eigenvalue weighted by atomic mass is 9.98. The molecule has 2 N–H and O–H groups in total. The molecule has 2 unspecified atom stereocenters. The van der Waals surface area contributed by atoms with Crippen LogP contribution in [0.4, 0.5) is 0 Å². The fourth-order valence-electron chi connectivity index (χ4n) is 1.80. The van der Waals surface area contributed by atoms with E-state index in [-0.39, 0.29) is 0 Å². The number of carbonyl (C=O) groups is 1. The smallest absolute Gasteiger partial charge is 0.323 e. The number of hydrogen-bond acceptors (Lipinski definition) is 3. The van der Waals surface area contributed by atoms with Gasteiger partial charge in [-0.2, -0.15) is 0 Å². The molecule has 0 aromatic heterocycles. The van der Waals surface area contributed by atoms with E-state index >= 15 is 0 Å². The van der Waals surface area contributed by atoms with Crippen molar-refractivity contribution >= 4 is 5.97 Å². The zero-order valence-electron chi connectivity index (χ0n) is 11.6. The number of carboxylic acids is 1. The second-order valence-electron chi connectivity index (χ2n) is 4.89. The molecular weight excluding hydrogens is 218 g/mol. The van der Waals surface area contributed by atoms with Crippen molar-refractivity contribution < 1.29 is 14.6 Å². The molecule has 0 saturated carbocycles. The summed E-state index contributed by atoms with van der Waals surface area (Å²) >= 11 is 0. The van der Waals surface area contributed by atoms with E-state index in [1.807, 2.05) is 6.92 Å². The Hall–Kier alpha value is -0.610. The van der Waals surface area contributed by atoms with Crippen LogP contribution in [-0.2, 0) is 9.53 Å². The van der Waals surface area contributed by atoms with Crippen LogP contribution < -0.4 is 5.32 Å². The van der Waals surface area contributed by atoms with Crippen molar-refractivity contribution in [2.75, 3.05) is 19.8 Å². The van der Waals surface area contributed by atoms with Crippen molar-refractivity contribution in [1.29, 1.82) is 0 Å². The summed E-state index contributed by atoms with van der Waals surface area (Å²) in [7, 11) is 0. The number of rotatable bonds is 10. The minimum Gasteiger partial charge on any atom is -0.480 e. The van der Waals surface area contributed by atoms with Crippen molar-refractivity contribution in [3.05, 3.63) is 0 Å². The van der Waals surface area contributed by atoms with Gasteiger partial charge in [-0.25, -0.2) is 0 Å². The van der Waals surface area contributed by atoms with Crippen molar-refractivity contribution in [2.45, 2.75) is 52.5 Å². The largest absolute Gasteiger partial charge is 0.480 e. The summed E-state index contributed by atoms with van der Waals surface area (Å²) in [5, 5.41) is 12.1. The van der Waals surface area contributed by atoms with Crippen LogP contribution in [0, 0.1) is 5.92 Å².